The summed E-state index contributed by atoms with van der Waals surface area (Å²) in [6, 6.07) is 10.1. The second-order valence-electron chi connectivity index (χ2n) is 5.80. The molecule has 6 nitrogen and oxygen atoms in total. The first-order chi connectivity index (χ1) is 12.2. The van der Waals surface area contributed by atoms with Gasteiger partial charge in [0.05, 0.1) is 11.7 Å². The van der Waals surface area contributed by atoms with Gasteiger partial charge in [-0.25, -0.2) is 4.98 Å². The number of hydrogen-bond acceptors (Lipinski definition) is 5. The Morgan fingerprint density at radius 1 is 1.12 bits per heavy atom. The van der Waals surface area contributed by atoms with Gasteiger partial charge in [0.1, 0.15) is 5.69 Å². The van der Waals surface area contributed by atoms with Crippen molar-refractivity contribution in [1.82, 2.24) is 25.0 Å². The first kappa shape index (κ1) is 15.3. The second-order valence-corrected chi connectivity index (χ2v) is 5.80. The fraction of sp³-hybridized carbons (Fsp3) is 0.158. The van der Waals surface area contributed by atoms with Gasteiger partial charge in [0.2, 0.25) is 5.89 Å². The molecule has 0 atom stereocenters. The number of rotatable bonds is 4. The fourth-order valence-corrected chi connectivity index (χ4v) is 2.58. The van der Waals surface area contributed by atoms with Gasteiger partial charge in [0, 0.05) is 29.8 Å². The molecule has 0 fully saturated rings. The van der Waals surface area contributed by atoms with Crippen LogP contribution in [0.4, 0.5) is 0 Å². The Morgan fingerprint density at radius 2 is 2.04 bits per heavy atom. The van der Waals surface area contributed by atoms with E-state index in [1.165, 1.54) is 5.56 Å². The van der Waals surface area contributed by atoms with E-state index in [1.807, 2.05) is 48.1 Å². The highest BCUT2D eigenvalue weighted by atomic mass is 16.4. The maximum absolute atomic E-state index is 5.70. The Kier molecular flexibility index (Phi) is 3.85. The SMILES string of the molecule is CCn1cc(/C=C/c2nnc(-c3ccc4cc(C)ccc4n3)o2)cn1. The third kappa shape index (κ3) is 3.19. The number of benzene rings is 1. The summed E-state index contributed by atoms with van der Waals surface area (Å²) in [6.07, 6.45) is 7.43. The molecule has 0 aliphatic carbocycles. The monoisotopic (exact) mass is 331 g/mol. The molecule has 0 amide bonds. The largest absolute Gasteiger partial charge is 0.415 e. The number of fused-ring (bicyclic) bond motifs is 1. The van der Waals surface area contributed by atoms with Crippen molar-refractivity contribution in [3.63, 3.8) is 0 Å². The van der Waals surface area contributed by atoms with Crippen LogP contribution in [0.5, 0.6) is 0 Å². The molecule has 0 spiro atoms. The molecule has 3 aromatic heterocycles. The summed E-state index contributed by atoms with van der Waals surface area (Å²) in [5, 5.41) is 13.5. The van der Waals surface area contributed by atoms with Crippen LogP contribution in [0.3, 0.4) is 0 Å². The maximum atomic E-state index is 5.70. The van der Waals surface area contributed by atoms with E-state index >= 15 is 0 Å². The quantitative estimate of drug-likeness (QED) is 0.566. The van der Waals surface area contributed by atoms with Crippen molar-refractivity contribution in [2.75, 3.05) is 0 Å². The van der Waals surface area contributed by atoms with Crippen LogP contribution in [0.1, 0.15) is 23.9 Å². The highest BCUT2D eigenvalue weighted by Gasteiger charge is 2.09. The summed E-state index contributed by atoms with van der Waals surface area (Å²) < 4.78 is 7.56. The molecule has 0 bridgehead atoms. The number of nitrogens with zero attached hydrogens (tertiary/aromatic N) is 5. The van der Waals surface area contributed by atoms with Crippen LogP contribution in [0.25, 0.3) is 34.6 Å². The Balaban J connectivity index is 1.59. The van der Waals surface area contributed by atoms with Gasteiger partial charge in [-0.05, 0) is 38.1 Å². The minimum Gasteiger partial charge on any atom is -0.415 e. The van der Waals surface area contributed by atoms with Crippen LogP contribution >= 0.6 is 0 Å². The molecular formula is C19H17N5O. The lowest BCUT2D eigenvalue weighted by molar-refractivity contribution is 0.556. The van der Waals surface area contributed by atoms with Crippen LogP contribution < -0.4 is 0 Å². The van der Waals surface area contributed by atoms with Crippen LogP contribution in [-0.4, -0.2) is 25.0 Å². The summed E-state index contributed by atoms with van der Waals surface area (Å²) in [5.74, 6) is 0.844. The van der Waals surface area contributed by atoms with Crippen molar-refractivity contribution in [2.24, 2.45) is 0 Å². The lowest BCUT2D eigenvalue weighted by atomic mass is 10.1. The molecule has 0 aliphatic rings. The molecule has 25 heavy (non-hydrogen) atoms. The highest BCUT2D eigenvalue weighted by Crippen LogP contribution is 2.21. The van der Waals surface area contributed by atoms with Crippen LogP contribution in [0.15, 0.2) is 47.1 Å². The molecule has 0 unspecified atom stereocenters. The van der Waals surface area contributed by atoms with Crippen LogP contribution in [-0.2, 0) is 6.54 Å². The molecule has 0 saturated heterocycles. The Morgan fingerprint density at radius 3 is 2.88 bits per heavy atom. The molecular weight excluding hydrogens is 314 g/mol. The topological polar surface area (TPSA) is 69.6 Å². The number of aryl methyl sites for hydroxylation is 2. The standard InChI is InChI=1S/C19H17N5O/c1-3-24-12-14(11-20-24)5-9-18-22-23-19(25-18)17-8-6-15-10-13(2)4-7-16(15)21-17/h4-12H,3H2,1-2H3/b9-5+. The van der Waals surface area contributed by atoms with Crippen molar-refractivity contribution in [3.8, 4) is 11.6 Å². The highest BCUT2D eigenvalue weighted by molar-refractivity contribution is 5.81. The van der Waals surface area contributed by atoms with Gasteiger partial charge < -0.3 is 4.42 Å². The number of aromatic nitrogens is 5. The number of hydrogen-bond donors (Lipinski definition) is 0. The molecule has 4 aromatic rings. The molecule has 6 heteroatoms. The maximum Gasteiger partial charge on any atom is 0.266 e. The Hall–Kier alpha value is -3.28. The van der Waals surface area contributed by atoms with E-state index in [1.54, 1.807) is 12.3 Å². The lowest BCUT2D eigenvalue weighted by Crippen LogP contribution is -1.91. The molecule has 0 N–H and O–H groups in total. The van der Waals surface area contributed by atoms with E-state index < -0.39 is 0 Å². The summed E-state index contributed by atoms with van der Waals surface area (Å²) in [7, 11) is 0. The zero-order chi connectivity index (χ0) is 17.2. The summed E-state index contributed by atoms with van der Waals surface area (Å²) >= 11 is 0. The van der Waals surface area contributed by atoms with Gasteiger partial charge in [0.25, 0.3) is 5.89 Å². The van der Waals surface area contributed by atoms with Gasteiger partial charge in [0.15, 0.2) is 0 Å². The zero-order valence-corrected chi connectivity index (χ0v) is 14.0. The third-order valence-corrected chi connectivity index (χ3v) is 3.90. The average molecular weight is 331 g/mol. The summed E-state index contributed by atoms with van der Waals surface area (Å²) in [4.78, 5) is 4.60. The minimum absolute atomic E-state index is 0.409. The van der Waals surface area contributed by atoms with Crippen molar-refractivity contribution in [1.29, 1.82) is 0 Å². The molecule has 0 radical (unpaired) electrons. The van der Waals surface area contributed by atoms with Gasteiger partial charge >= 0.3 is 0 Å². The van der Waals surface area contributed by atoms with Gasteiger partial charge in [-0.15, -0.1) is 10.2 Å². The van der Waals surface area contributed by atoms with E-state index in [9.17, 15) is 0 Å². The van der Waals surface area contributed by atoms with Gasteiger partial charge in [-0.3, -0.25) is 4.68 Å². The summed E-state index contributed by atoms with van der Waals surface area (Å²) in [5.41, 5.74) is 3.77. The van der Waals surface area contributed by atoms with Gasteiger partial charge in [-0.2, -0.15) is 5.10 Å². The predicted molar refractivity (Wildman–Crippen MR) is 96.6 cm³/mol. The molecule has 4 rings (SSSR count). The first-order valence-electron chi connectivity index (χ1n) is 8.13. The van der Waals surface area contributed by atoms with E-state index in [2.05, 4.69) is 33.3 Å². The lowest BCUT2D eigenvalue weighted by Gasteiger charge is -2.00. The Labute approximate surface area is 144 Å². The molecule has 3 heterocycles. The van der Waals surface area contributed by atoms with Crippen molar-refractivity contribution in [2.45, 2.75) is 20.4 Å². The summed E-state index contributed by atoms with van der Waals surface area (Å²) in [6.45, 7) is 4.95. The second kappa shape index (κ2) is 6.32. The fourth-order valence-electron chi connectivity index (χ4n) is 2.58. The molecule has 1 aromatic carbocycles. The molecule has 0 saturated carbocycles. The normalized spacial score (nSPS) is 11.6. The van der Waals surface area contributed by atoms with Crippen molar-refractivity contribution in [3.05, 3.63) is 59.7 Å². The first-order valence-corrected chi connectivity index (χ1v) is 8.13. The molecule has 124 valence electrons. The predicted octanol–water partition coefficient (Wildman–Crippen LogP) is 3.98. The van der Waals surface area contributed by atoms with Crippen molar-refractivity contribution < 1.29 is 4.42 Å². The molecule has 0 aliphatic heterocycles. The van der Waals surface area contributed by atoms with E-state index in [-0.39, 0.29) is 0 Å². The van der Waals surface area contributed by atoms with E-state index in [0.29, 0.717) is 17.5 Å². The zero-order valence-electron chi connectivity index (χ0n) is 14.0. The van der Waals surface area contributed by atoms with Crippen LogP contribution in [0, 0.1) is 6.92 Å². The average Bonchev–Trinajstić information content (AvgIpc) is 3.28. The van der Waals surface area contributed by atoms with E-state index in [0.717, 1.165) is 23.0 Å². The third-order valence-electron chi connectivity index (χ3n) is 3.90. The minimum atomic E-state index is 0.409. The van der Waals surface area contributed by atoms with E-state index in [4.69, 9.17) is 4.42 Å². The smallest absolute Gasteiger partial charge is 0.266 e. The van der Waals surface area contributed by atoms with Gasteiger partial charge in [-0.1, -0.05) is 17.7 Å². The number of pyridine rings is 1. The van der Waals surface area contributed by atoms with Crippen LogP contribution in [0.2, 0.25) is 0 Å². The van der Waals surface area contributed by atoms with Crippen molar-refractivity contribution >= 4 is 23.1 Å². The Bertz CT molecular complexity index is 1060.